The van der Waals surface area contributed by atoms with Crippen LogP contribution in [0.2, 0.25) is 0 Å². The number of fused-ring (bicyclic) bond motifs is 1. The molecule has 2 aromatic rings. The maximum Gasteiger partial charge on any atom is 0.156 e. The smallest absolute Gasteiger partial charge is 0.156 e. The molecule has 0 fully saturated rings. The fourth-order valence-electron chi connectivity index (χ4n) is 1.45. The van der Waals surface area contributed by atoms with Crippen LogP contribution in [0, 0.1) is 11.3 Å². The van der Waals surface area contributed by atoms with Crippen molar-refractivity contribution in [1.29, 1.82) is 5.26 Å². The first-order valence-corrected chi connectivity index (χ1v) is 5.29. The zero-order chi connectivity index (χ0) is 10.8. The molecule has 0 aliphatic carbocycles. The number of furan rings is 1. The number of rotatable bonds is 2. The molecule has 76 valence electrons. The molecule has 0 N–H and O–H groups in total. The van der Waals surface area contributed by atoms with E-state index in [1.165, 1.54) is 0 Å². The number of halogens is 1. The van der Waals surface area contributed by atoms with Crippen molar-refractivity contribution >= 4 is 26.9 Å². The Bertz CT molecular complexity index is 539. The van der Waals surface area contributed by atoms with Crippen molar-refractivity contribution in [2.45, 2.75) is 6.92 Å². The van der Waals surface area contributed by atoms with E-state index in [0.717, 1.165) is 15.6 Å². The lowest BCUT2D eigenvalue weighted by molar-refractivity contribution is 0.344. The zero-order valence-corrected chi connectivity index (χ0v) is 9.67. The van der Waals surface area contributed by atoms with E-state index < -0.39 is 0 Å². The molecule has 15 heavy (non-hydrogen) atoms. The summed E-state index contributed by atoms with van der Waals surface area (Å²) in [5, 5.41) is 9.72. The van der Waals surface area contributed by atoms with Crippen molar-refractivity contribution in [3.63, 3.8) is 0 Å². The predicted octanol–water partition coefficient (Wildman–Crippen LogP) is 3.47. The molecular formula is C11H8BrNO2. The third-order valence-corrected chi connectivity index (χ3v) is 2.64. The van der Waals surface area contributed by atoms with Crippen LogP contribution in [0.5, 0.6) is 5.75 Å². The van der Waals surface area contributed by atoms with Crippen LogP contribution in [0.4, 0.5) is 0 Å². The summed E-state index contributed by atoms with van der Waals surface area (Å²) in [6, 6.07) is 5.56. The van der Waals surface area contributed by atoms with Gasteiger partial charge in [-0.3, -0.25) is 0 Å². The second-order valence-corrected chi connectivity index (χ2v) is 3.80. The maximum atomic E-state index is 8.90. The molecule has 0 aliphatic heterocycles. The van der Waals surface area contributed by atoms with E-state index in [-0.39, 0.29) is 0 Å². The lowest BCUT2D eigenvalue weighted by Crippen LogP contribution is -1.92. The third-order valence-electron chi connectivity index (χ3n) is 2.06. The molecule has 1 aromatic carbocycles. The molecule has 0 radical (unpaired) electrons. The molecule has 0 bridgehead atoms. The van der Waals surface area contributed by atoms with Gasteiger partial charge in [0.1, 0.15) is 18.1 Å². The molecular weight excluding hydrogens is 258 g/mol. The van der Waals surface area contributed by atoms with Crippen molar-refractivity contribution in [2.24, 2.45) is 0 Å². The SMILES string of the molecule is CCOc1ccc(C#N)c2occ(Br)c12. The molecule has 0 atom stereocenters. The van der Waals surface area contributed by atoms with Crippen molar-refractivity contribution in [2.75, 3.05) is 6.61 Å². The minimum Gasteiger partial charge on any atom is -0.493 e. The summed E-state index contributed by atoms with van der Waals surface area (Å²) in [5.41, 5.74) is 1.08. The summed E-state index contributed by atoms with van der Waals surface area (Å²) < 4.78 is 11.6. The molecule has 1 aromatic heterocycles. The van der Waals surface area contributed by atoms with Crippen LogP contribution in [0.3, 0.4) is 0 Å². The van der Waals surface area contributed by atoms with Gasteiger partial charge in [0.25, 0.3) is 0 Å². The Kier molecular flexibility index (Phi) is 2.65. The quantitative estimate of drug-likeness (QED) is 0.836. The van der Waals surface area contributed by atoms with Gasteiger partial charge in [0, 0.05) is 0 Å². The van der Waals surface area contributed by atoms with E-state index in [2.05, 4.69) is 22.0 Å². The zero-order valence-electron chi connectivity index (χ0n) is 8.08. The van der Waals surface area contributed by atoms with Crippen LogP contribution in [0.1, 0.15) is 12.5 Å². The summed E-state index contributed by atoms with van der Waals surface area (Å²) >= 11 is 3.37. The second kappa shape index (κ2) is 3.95. The Balaban J connectivity index is 2.75. The van der Waals surface area contributed by atoms with Gasteiger partial charge >= 0.3 is 0 Å². The fraction of sp³-hybridized carbons (Fsp3) is 0.182. The minimum absolute atomic E-state index is 0.513. The largest absolute Gasteiger partial charge is 0.493 e. The van der Waals surface area contributed by atoms with Gasteiger partial charge in [0.05, 0.1) is 22.0 Å². The molecule has 0 unspecified atom stereocenters. The van der Waals surface area contributed by atoms with E-state index in [0.29, 0.717) is 17.8 Å². The summed E-state index contributed by atoms with van der Waals surface area (Å²) in [7, 11) is 0. The highest BCUT2D eigenvalue weighted by molar-refractivity contribution is 9.10. The van der Waals surface area contributed by atoms with Crippen molar-refractivity contribution in [1.82, 2.24) is 0 Å². The molecule has 0 aliphatic rings. The van der Waals surface area contributed by atoms with Crippen LogP contribution in [0.25, 0.3) is 11.0 Å². The Morgan fingerprint density at radius 2 is 2.33 bits per heavy atom. The van der Waals surface area contributed by atoms with Gasteiger partial charge in [-0.25, -0.2) is 0 Å². The van der Waals surface area contributed by atoms with Crippen molar-refractivity contribution in [3.05, 3.63) is 28.4 Å². The van der Waals surface area contributed by atoms with E-state index in [1.807, 2.05) is 6.92 Å². The fourth-order valence-corrected chi connectivity index (χ4v) is 1.92. The summed E-state index contributed by atoms with van der Waals surface area (Å²) in [5.74, 6) is 0.729. The highest BCUT2D eigenvalue weighted by Gasteiger charge is 2.13. The highest BCUT2D eigenvalue weighted by Crippen LogP contribution is 2.35. The van der Waals surface area contributed by atoms with Gasteiger partial charge in [-0.1, -0.05) is 0 Å². The monoisotopic (exact) mass is 265 g/mol. The first-order chi connectivity index (χ1) is 7.27. The van der Waals surface area contributed by atoms with Crippen LogP contribution >= 0.6 is 15.9 Å². The van der Waals surface area contributed by atoms with Crippen LogP contribution in [0.15, 0.2) is 27.3 Å². The van der Waals surface area contributed by atoms with E-state index in [4.69, 9.17) is 14.4 Å². The van der Waals surface area contributed by atoms with Gasteiger partial charge < -0.3 is 9.15 Å². The van der Waals surface area contributed by atoms with E-state index in [9.17, 15) is 0 Å². The standard InChI is InChI=1S/C11H8BrNO2/c1-2-14-9-4-3-7(5-13)11-10(9)8(12)6-15-11/h3-4,6H,2H2,1H3. The number of ether oxygens (including phenoxy) is 1. The average molecular weight is 266 g/mol. The summed E-state index contributed by atoms with van der Waals surface area (Å²) in [4.78, 5) is 0. The van der Waals surface area contributed by atoms with Crippen LogP contribution in [-0.4, -0.2) is 6.61 Å². The Hall–Kier alpha value is -1.47. The number of nitriles is 1. The third kappa shape index (κ3) is 1.59. The topological polar surface area (TPSA) is 46.2 Å². The minimum atomic E-state index is 0.513. The Morgan fingerprint density at radius 1 is 1.53 bits per heavy atom. The lowest BCUT2D eigenvalue weighted by Gasteiger charge is -2.04. The average Bonchev–Trinajstić information content (AvgIpc) is 2.62. The number of nitrogens with zero attached hydrogens (tertiary/aromatic N) is 1. The number of hydrogen-bond acceptors (Lipinski definition) is 3. The molecule has 0 spiro atoms. The van der Waals surface area contributed by atoms with Crippen LogP contribution in [-0.2, 0) is 0 Å². The Morgan fingerprint density at radius 3 is 3.00 bits per heavy atom. The first-order valence-electron chi connectivity index (χ1n) is 4.50. The van der Waals surface area contributed by atoms with E-state index >= 15 is 0 Å². The molecule has 2 rings (SSSR count). The Labute approximate surface area is 95.4 Å². The van der Waals surface area contributed by atoms with Gasteiger partial charge in [0.15, 0.2) is 5.58 Å². The second-order valence-electron chi connectivity index (χ2n) is 2.94. The van der Waals surface area contributed by atoms with Gasteiger partial charge in [-0.15, -0.1) is 0 Å². The molecule has 0 amide bonds. The van der Waals surface area contributed by atoms with Crippen LogP contribution < -0.4 is 4.74 Å². The van der Waals surface area contributed by atoms with Gasteiger partial charge in [-0.2, -0.15) is 5.26 Å². The highest BCUT2D eigenvalue weighted by atomic mass is 79.9. The van der Waals surface area contributed by atoms with Crippen molar-refractivity contribution < 1.29 is 9.15 Å². The summed E-state index contributed by atoms with van der Waals surface area (Å²) in [6.45, 7) is 2.50. The van der Waals surface area contributed by atoms with Gasteiger partial charge in [0.2, 0.25) is 0 Å². The predicted molar refractivity (Wildman–Crippen MR) is 59.8 cm³/mol. The normalized spacial score (nSPS) is 10.2. The lowest BCUT2D eigenvalue weighted by atomic mass is 10.1. The number of benzene rings is 1. The molecule has 4 heteroatoms. The molecule has 1 heterocycles. The van der Waals surface area contributed by atoms with Crippen molar-refractivity contribution in [3.8, 4) is 11.8 Å². The molecule has 0 saturated carbocycles. The first kappa shape index (κ1) is 10.1. The van der Waals surface area contributed by atoms with E-state index in [1.54, 1.807) is 18.4 Å². The maximum absolute atomic E-state index is 8.90. The molecule has 3 nitrogen and oxygen atoms in total. The molecule has 0 saturated heterocycles. The summed E-state index contributed by atoms with van der Waals surface area (Å²) in [6.07, 6.45) is 1.56. The van der Waals surface area contributed by atoms with Gasteiger partial charge in [-0.05, 0) is 35.0 Å². The number of hydrogen-bond donors (Lipinski definition) is 0.